The van der Waals surface area contributed by atoms with Crippen LogP contribution < -0.4 is 5.73 Å². The predicted molar refractivity (Wildman–Crippen MR) is 115 cm³/mol. The molecule has 0 amide bonds. The second-order valence-electron chi connectivity index (χ2n) is 11.6. The van der Waals surface area contributed by atoms with Crippen LogP contribution >= 0.6 is 0 Å². The minimum absolute atomic E-state index is 0.0699. The highest BCUT2D eigenvalue weighted by Crippen LogP contribution is 2.64. The van der Waals surface area contributed by atoms with Gasteiger partial charge in [0.15, 0.2) is 5.78 Å². The van der Waals surface area contributed by atoms with E-state index in [0.717, 1.165) is 49.9 Å². The topological polar surface area (TPSA) is 114 Å². The molecular formula is C24H38N4O3. The lowest BCUT2D eigenvalue weighted by molar-refractivity contribution is -0.133. The van der Waals surface area contributed by atoms with Gasteiger partial charge >= 0.3 is 0 Å². The SMILES string of the molecule is CC12CC[C@H]3[C@@H](CC[C@@H]4C[C@](C)(O)CC[C@@H]43)[C@@H]1CC[C@@H]2C(=O)Cn1ncc(C(N)O)n1. The molecule has 1 heterocycles. The van der Waals surface area contributed by atoms with Crippen LogP contribution in [0.1, 0.15) is 83.6 Å². The summed E-state index contributed by atoms with van der Waals surface area (Å²) in [4.78, 5) is 14.7. The molecule has 4 fully saturated rings. The van der Waals surface area contributed by atoms with Crippen LogP contribution in [0.15, 0.2) is 6.20 Å². The second kappa shape index (κ2) is 7.63. The third-order valence-electron chi connectivity index (χ3n) is 9.78. The average molecular weight is 431 g/mol. The van der Waals surface area contributed by atoms with Crippen LogP contribution in [0, 0.1) is 40.9 Å². The molecule has 0 radical (unpaired) electrons. The van der Waals surface area contributed by atoms with Crippen molar-refractivity contribution in [3.63, 3.8) is 0 Å². The molecule has 172 valence electrons. The quantitative estimate of drug-likeness (QED) is 0.633. The van der Waals surface area contributed by atoms with Crippen LogP contribution in [0.2, 0.25) is 0 Å². The summed E-state index contributed by atoms with van der Waals surface area (Å²) >= 11 is 0. The van der Waals surface area contributed by atoms with Crippen molar-refractivity contribution in [1.82, 2.24) is 15.0 Å². The van der Waals surface area contributed by atoms with Crippen LogP contribution in [0.3, 0.4) is 0 Å². The fraction of sp³-hybridized carbons (Fsp3) is 0.875. The molecule has 4 N–H and O–H groups in total. The number of Topliss-reactive ketones (excluding diaryl/α,β-unsaturated/α-hetero) is 1. The van der Waals surface area contributed by atoms with E-state index in [9.17, 15) is 15.0 Å². The Balaban J connectivity index is 1.29. The summed E-state index contributed by atoms with van der Waals surface area (Å²) in [6.45, 7) is 4.55. The number of hydrogen-bond acceptors (Lipinski definition) is 6. The van der Waals surface area contributed by atoms with Gasteiger partial charge in [-0.3, -0.25) is 4.79 Å². The van der Waals surface area contributed by atoms with Gasteiger partial charge in [0.05, 0.1) is 11.8 Å². The third kappa shape index (κ3) is 3.66. The highest BCUT2D eigenvalue weighted by Gasteiger charge is 2.58. The van der Waals surface area contributed by atoms with E-state index in [1.165, 1.54) is 36.7 Å². The van der Waals surface area contributed by atoms with Gasteiger partial charge in [0.2, 0.25) is 0 Å². The molecular weight excluding hydrogens is 392 g/mol. The number of aliphatic hydroxyl groups excluding tert-OH is 1. The molecule has 7 nitrogen and oxygen atoms in total. The standard InChI is InChI=1S/C24H38N4O3/c1-23(31)9-7-15-14(11-23)3-4-17-16(15)8-10-24(2)18(17)5-6-19(24)21(29)13-28-26-12-20(27-28)22(25)30/h12,14-19,22,30-31H,3-11,13,25H2,1-2H3/t14-,15+,16-,17-,18+,19-,22?,23-,24?/m1/s1. The molecule has 0 aromatic carbocycles. The Kier molecular flexibility index (Phi) is 5.30. The van der Waals surface area contributed by atoms with Crippen LogP contribution in [-0.4, -0.2) is 36.6 Å². The number of hydrogen-bond donors (Lipinski definition) is 3. The molecule has 31 heavy (non-hydrogen) atoms. The van der Waals surface area contributed by atoms with Crippen molar-refractivity contribution in [2.75, 3.05) is 0 Å². The zero-order valence-corrected chi connectivity index (χ0v) is 18.9. The van der Waals surface area contributed by atoms with E-state index in [4.69, 9.17) is 5.73 Å². The monoisotopic (exact) mass is 430 g/mol. The van der Waals surface area contributed by atoms with Crippen molar-refractivity contribution in [1.29, 1.82) is 0 Å². The fourth-order valence-electron chi connectivity index (χ4n) is 8.38. The van der Waals surface area contributed by atoms with E-state index in [2.05, 4.69) is 17.1 Å². The summed E-state index contributed by atoms with van der Waals surface area (Å²) < 4.78 is 0. The van der Waals surface area contributed by atoms with Crippen molar-refractivity contribution in [3.8, 4) is 0 Å². The number of carbonyl (C=O) groups is 1. The molecule has 2 unspecified atom stereocenters. The van der Waals surface area contributed by atoms with Crippen molar-refractivity contribution in [3.05, 3.63) is 11.9 Å². The minimum atomic E-state index is -1.16. The zero-order valence-electron chi connectivity index (χ0n) is 18.9. The van der Waals surface area contributed by atoms with Crippen molar-refractivity contribution < 1.29 is 15.0 Å². The van der Waals surface area contributed by atoms with E-state index in [1.807, 2.05) is 6.92 Å². The Labute approximate surface area is 184 Å². The first-order valence-electron chi connectivity index (χ1n) is 12.3. The Morgan fingerprint density at radius 2 is 1.94 bits per heavy atom. The molecule has 5 rings (SSSR count). The number of ketones is 1. The second-order valence-corrected chi connectivity index (χ2v) is 11.6. The van der Waals surface area contributed by atoms with Gasteiger partial charge in [-0.2, -0.15) is 15.0 Å². The molecule has 0 spiro atoms. The first kappa shape index (κ1) is 21.5. The summed E-state index contributed by atoms with van der Waals surface area (Å²) in [5, 5.41) is 28.3. The molecule has 9 atom stereocenters. The van der Waals surface area contributed by atoms with Gasteiger partial charge in [-0.25, -0.2) is 0 Å². The largest absolute Gasteiger partial charge is 0.390 e. The molecule has 4 saturated carbocycles. The maximum atomic E-state index is 13.3. The lowest BCUT2D eigenvalue weighted by atomic mass is 9.49. The van der Waals surface area contributed by atoms with E-state index in [0.29, 0.717) is 17.5 Å². The normalized spacial score (nSPS) is 45.5. The van der Waals surface area contributed by atoms with Crippen molar-refractivity contribution >= 4 is 5.78 Å². The Morgan fingerprint density at radius 3 is 2.68 bits per heavy atom. The Hall–Kier alpha value is -1.31. The highest BCUT2D eigenvalue weighted by atomic mass is 16.3. The minimum Gasteiger partial charge on any atom is -0.390 e. The number of nitrogens with zero attached hydrogens (tertiary/aromatic N) is 3. The van der Waals surface area contributed by atoms with Gasteiger partial charge in [0, 0.05) is 5.92 Å². The molecule has 1 aromatic heterocycles. The van der Waals surface area contributed by atoms with Gasteiger partial charge in [-0.15, -0.1) is 0 Å². The van der Waals surface area contributed by atoms with E-state index in [-0.39, 0.29) is 23.7 Å². The number of aliphatic hydroxyl groups is 2. The van der Waals surface area contributed by atoms with Gasteiger partial charge in [0.1, 0.15) is 18.5 Å². The molecule has 1 aromatic rings. The lowest BCUT2D eigenvalue weighted by Crippen LogP contribution is -2.51. The van der Waals surface area contributed by atoms with Gasteiger partial charge in [0.25, 0.3) is 0 Å². The Morgan fingerprint density at radius 1 is 1.16 bits per heavy atom. The van der Waals surface area contributed by atoms with Crippen molar-refractivity contribution in [2.24, 2.45) is 46.7 Å². The maximum Gasteiger partial charge on any atom is 0.159 e. The smallest absolute Gasteiger partial charge is 0.159 e. The van der Waals surface area contributed by atoms with Crippen LogP contribution in [0.25, 0.3) is 0 Å². The summed E-state index contributed by atoms with van der Waals surface area (Å²) in [5.74, 6) is 3.90. The Bertz CT molecular complexity index is 837. The van der Waals surface area contributed by atoms with Crippen molar-refractivity contribution in [2.45, 2.75) is 90.0 Å². The summed E-state index contributed by atoms with van der Waals surface area (Å²) in [7, 11) is 0. The number of carbonyl (C=O) groups excluding carboxylic acids is 1. The lowest BCUT2D eigenvalue weighted by Gasteiger charge is -2.56. The van der Waals surface area contributed by atoms with E-state index < -0.39 is 11.8 Å². The number of nitrogens with two attached hydrogens (primary N) is 1. The first-order chi connectivity index (χ1) is 14.7. The van der Waals surface area contributed by atoms with Gasteiger partial charge < -0.3 is 15.9 Å². The summed E-state index contributed by atoms with van der Waals surface area (Å²) in [5.41, 5.74) is 5.36. The van der Waals surface area contributed by atoms with Gasteiger partial charge in [-0.05, 0) is 99.7 Å². The molecule has 0 aliphatic heterocycles. The summed E-state index contributed by atoms with van der Waals surface area (Å²) in [6, 6.07) is 0. The fourth-order valence-corrected chi connectivity index (χ4v) is 8.38. The molecule has 7 heteroatoms. The molecule has 0 saturated heterocycles. The molecule has 4 aliphatic carbocycles. The molecule has 0 bridgehead atoms. The summed E-state index contributed by atoms with van der Waals surface area (Å²) in [6.07, 6.45) is 10.4. The third-order valence-corrected chi connectivity index (χ3v) is 9.78. The number of fused-ring (bicyclic) bond motifs is 5. The first-order valence-corrected chi connectivity index (χ1v) is 12.3. The van der Waals surface area contributed by atoms with E-state index >= 15 is 0 Å². The highest BCUT2D eigenvalue weighted by molar-refractivity contribution is 5.82. The van der Waals surface area contributed by atoms with Crippen LogP contribution in [-0.2, 0) is 11.3 Å². The molecule has 4 aliphatic rings. The van der Waals surface area contributed by atoms with Gasteiger partial charge in [-0.1, -0.05) is 6.92 Å². The predicted octanol–water partition coefficient (Wildman–Crippen LogP) is 2.82. The zero-order chi connectivity index (χ0) is 22.0. The van der Waals surface area contributed by atoms with Crippen LogP contribution in [0.5, 0.6) is 0 Å². The maximum absolute atomic E-state index is 13.3. The van der Waals surface area contributed by atoms with Crippen LogP contribution in [0.4, 0.5) is 0 Å². The number of rotatable bonds is 4. The van der Waals surface area contributed by atoms with E-state index in [1.54, 1.807) is 0 Å². The average Bonchev–Trinajstić information content (AvgIpc) is 3.31. The number of aromatic nitrogens is 3.